The number of hydrogen-bond donors (Lipinski definition) is 2. The van der Waals surface area contributed by atoms with Gasteiger partial charge in [-0.1, -0.05) is 0 Å². The van der Waals surface area contributed by atoms with Crippen LogP contribution in [0.3, 0.4) is 0 Å². The van der Waals surface area contributed by atoms with Crippen molar-refractivity contribution in [3.63, 3.8) is 0 Å². The Kier molecular flexibility index (Phi) is 2.09. The highest BCUT2D eigenvalue weighted by molar-refractivity contribution is 5.85. The van der Waals surface area contributed by atoms with Crippen molar-refractivity contribution in [3.05, 3.63) is 24.0 Å². The van der Waals surface area contributed by atoms with Crippen LogP contribution in [-0.2, 0) is 0 Å². The maximum Gasteiger partial charge on any atom is 0.354 e. The van der Waals surface area contributed by atoms with Gasteiger partial charge < -0.3 is 15.1 Å². The van der Waals surface area contributed by atoms with Crippen LogP contribution in [-0.4, -0.2) is 40.4 Å². The van der Waals surface area contributed by atoms with Crippen LogP contribution in [0.5, 0.6) is 0 Å². The molecule has 5 nitrogen and oxygen atoms in total. The van der Waals surface area contributed by atoms with Gasteiger partial charge in [-0.2, -0.15) is 0 Å². The van der Waals surface area contributed by atoms with Gasteiger partial charge in [0, 0.05) is 13.1 Å². The molecule has 0 aliphatic carbocycles. The average Bonchev–Trinajstić information content (AvgIpc) is 2.13. The minimum absolute atomic E-state index is 0.0369. The summed E-state index contributed by atoms with van der Waals surface area (Å²) in [4.78, 5) is 16.2. The molecule has 1 fully saturated rings. The van der Waals surface area contributed by atoms with E-state index in [1.54, 1.807) is 6.07 Å². The average molecular weight is 194 g/mol. The van der Waals surface area contributed by atoms with Crippen LogP contribution < -0.4 is 4.90 Å². The summed E-state index contributed by atoms with van der Waals surface area (Å²) in [7, 11) is 0. The molecule has 0 atom stereocenters. The van der Waals surface area contributed by atoms with Crippen molar-refractivity contribution in [3.8, 4) is 0 Å². The first kappa shape index (κ1) is 8.96. The van der Waals surface area contributed by atoms with Gasteiger partial charge in [0.15, 0.2) is 0 Å². The molecule has 74 valence electrons. The van der Waals surface area contributed by atoms with Crippen LogP contribution in [0.25, 0.3) is 0 Å². The number of carboxylic acid groups (broad SMARTS) is 1. The highest BCUT2D eigenvalue weighted by Crippen LogP contribution is 2.19. The normalized spacial score (nSPS) is 16.5. The Morgan fingerprint density at radius 3 is 2.64 bits per heavy atom. The van der Waals surface area contributed by atoms with Gasteiger partial charge in [-0.25, -0.2) is 9.78 Å². The number of hydrogen-bond acceptors (Lipinski definition) is 4. The standard InChI is InChI=1S/C9H10N2O3/c12-7-4-11(5-7)6-1-2-8(9(13)14)10-3-6/h1-3,7,12H,4-5H2,(H,13,14). The topological polar surface area (TPSA) is 73.7 Å². The fourth-order valence-electron chi connectivity index (χ4n) is 1.37. The second kappa shape index (κ2) is 3.26. The van der Waals surface area contributed by atoms with Crippen LogP contribution in [0.2, 0.25) is 0 Å². The van der Waals surface area contributed by atoms with Crippen molar-refractivity contribution < 1.29 is 15.0 Å². The lowest BCUT2D eigenvalue weighted by Gasteiger charge is -2.37. The van der Waals surface area contributed by atoms with Crippen molar-refractivity contribution in [2.75, 3.05) is 18.0 Å². The molecule has 1 aromatic rings. The first-order valence-electron chi connectivity index (χ1n) is 4.29. The first-order valence-corrected chi connectivity index (χ1v) is 4.29. The van der Waals surface area contributed by atoms with Crippen molar-refractivity contribution in [2.24, 2.45) is 0 Å². The van der Waals surface area contributed by atoms with E-state index in [1.165, 1.54) is 12.3 Å². The third-order valence-corrected chi connectivity index (χ3v) is 2.19. The van der Waals surface area contributed by atoms with Crippen LogP contribution in [0, 0.1) is 0 Å². The molecule has 0 aromatic carbocycles. The highest BCUT2D eigenvalue weighted by Gasteiger charge is 2.24. The van der Waals surface area contributed by atoms with Crippen LogP contribution >= 0.6 is 0 Å². The second-order valence-corrected chi connectivity index (χ2v) is 3.27. The Bertz CT molecular complexity index is 344. The molecule has 0 saturated carbocycles. The van der Waals surface area contributed by atoms with Gasteiger partial charge in [-0.15, -0.1) is 0 Å². The third-order valence-electron chi connectivity index (χ3n) is 2.19. The van der Waals surface area contributed by atoms with Gasteiger partial charge in [0.25, 0.3) is 0 Å². The Labute approximate surface area is 80.6 Å². The Morgan fingerprint density at radius 2 is 2.21 bits per heavy atom. The van der Waals surface area contributed by atoms with E-state index in [9.17, 15) is 4.79 Å². The van der Waals surface area contributed by atoms with E-state index in [1.807, 2.05) is 4.90 Å². The number of aliphatic hydroxyl groups excluding tert-OH is 1. The Hall–Kier alpha value is -1.62. The number of carbonyl (C=O) groups is 1. The second-order valence-electron chi connectivity index (χ2n) is 3.27. The molecule has 14 heavy (non-hydrogen) atoms. The molecular weight excluding hydrogens is 184 g/mol. The van der Waals surface area contributed by atoms with Gasteiger partial charge in [-0.3, -0.25) is 0 Å². The molecule has 2 rings (SSSR count). The fourth-order valence-corrected chi connectivity index (χ4v) is 1.37. The molecule has 1 aliphatic heterocycles. The molecular formula is C9H10N2O3. The van der Waals surface area contributed by atoms with Crippen molar-refractivity contribution in [1.29, 1.82) is 0 Å². The van der Waals surface area contributed by atoms with E-state index >= 15 is 0 Å². The van der Waals surface area contributed by atoms with E-state index in [4.69, 9.17) is 10.2 Å². The Balaban J connectivity index is 2.10. The minimum Gasteiger partial charge on any atom is -0.477 e. The molecule has 1 saturated heterocycles. The summed E-state index contributed by atoms with van der Waals surface area (Å²) in [6.07, 6.45) is 1.24. The molecule has 0 bridgehead atoms. The predicted molar refractivity (Wildman–Crippen MR) is 49.4 cm³/mol. The lowest BCUT2D eigenvalue weighted by atomic mass is 10.1. The van der Waals surface area contributed by atoms with E-state index in [2.05, 4.69) is 4.98 Å². The van der Waals surface area contributed by atoms with E-state index in [0.717, 1.165) is 5.69 Å². The SMILES string of the molecule is O=C(O)c1ccc(N2CC(O)C2)cn1. The van der Waals surface area contributed by atoms with Crippen molar-refractivity contribution in [2.45, 2.75) is 6.10 Å². The molecule has 0 amide bonds. The summed E-state index contributed by atoms with van der Waals surface area (Å²) < 4.78 is 0. The van der Waals surface area contributed by atoms with Crippen molar-refractivity contribution >= 4 is 11.7 Å². The molecule has 0 unspecified atom stereocenters. The molecule has 2 N–H and O–H groups in total. The number of anilines is 1. The predicted octanol–water partition coefficient (Wildman–Crippen LogP) is -0.0393. The lowest BCUT2D eigenvalue weighted by Crippen LogP contribution is -2.50. The van der Waals surface area contributed by atoms with Gasteiger partial charge >= 0.3 is 5.97 Å². The maximum absolute atomic E-state index is 10.5. The number of aliphatic hydroxyl groups is 1. The van der Waals surface area contributed by atoms with E-state index in [-0.39, 0.29) is 11.8 Å². The van der Waals surface area contributed by atoms with Gasteiger partial charge in [0.05, 0.1) is 18.0 Å². The number of rotatable bonds is 2. The van der Waals surface area contributed by atoms with Crippen LogP contribution in [0.1, 0.15) is 10.5 Å². The molecule has 2 heterocycles. The molecule has 0 radical (unpaired) electrons. The quantitative estimate of drug-likeness (QED) is 0.691. The number of nitrogens with zero attached hydrogens (tertiary/aromatic N) is 2. The number of β-amino-alcohol motifs (C(OH)–C–C–N with tert-alkyl or cyclic N) is 1. The number of carboxylic acids is 1. The zero-order valence-corrected chi connectivity index (χ0v) is 7.42. The zero-order chi connectivity index (χ0) is 10.1. The minimum atomic E-state index is -1.03. The number of aromatic carboxylic acids is 1. The van der Waals surface area contributed by atoms with Crippen molar-refractivity contribution in [1.82, 2.24) is 4.98 Å². The number of pyridine rings is 1. The molecule has 5 heteroatoms. The molecule has 1 aromatic heterocycles. The first-order chi connectivity index (χ1) is 6.66. The van der Waals surface area contributed by atoms with Crippen LogP contribution in [0.15, 0.2) is 18.3 Å². The fraction of sp³-hybridized carbons (Fsp3) is 0.333. The summed E-state index contributed by atoms with van der Waals surface area (Å²) in [6.45, 7) is 1.18. The zero-order valence-electron chi connectivity index (χ0n) is 7.42. The largest absolute Gasteiger partial charge is 0.477 e. The summed E-state index contributed by atoms with van der Waals surface area (Å²) in [5.74, 6) is -1.03. The molecule has 1 aliphatic rings. The summed E-state index contributed by atoms with van der Waals surface area (Å²) >= 11 is 0. The van der Waals surface area contributed by atoms with Crippen LogP contribution in [0.4, 0.5) is 5.69 Å². The molecule has 0 spiro atoms. The maximum atomic E-state index is 10.5. The van der Waals surface area contributed by atoms with Gasteiger partial charge in [-0.05, 0) is 12.1 Å². The van der Waals surface area contributed by atoms with E-state index < -0.39 is 5.97 Å². The lowest BCUT2D eigenvalue weighted by molar-refractivity contribution is 0.0690. The highest BCUT2D eigenvalue weighted by atomic mass is 16.4. The summed E-state index contributed by atoms with van der Waals surface area (Å²) in [6, 6.07) is 3.16. The Morgan fingerprint density at radius 1 is 1.50 bits per heavy atom. The van der Waals surface area contributed by atoms with Gasteiger partial charge in [0.2, 0.25) is 0 Å². The third kappa shape index (κ3) is 1.54. The number of aromatic nitrogens is 1. The van der Waals surface area contributed by atoms with Gasteiger partial charge in [0.1, 0.15) is 5.69 Å². The summed E-state index contributed by atoms with van der Waals surface area (Å²) in [5, 5.41) is 17.7. The monoisotopic (exact) mass is 194 g/mol. The smallest absolute Gasteiger partial charge is 0.354 e. The van der Waals surface area contributed by atoms with E-state index in [0.29, 0.717) is 13.1 Å². The summed E-state index contributed by atoms with van der Waals surface area (Å²) in [5.41, 5.74) is 0.884.